The Morgan fingerprint density at radius 2 is 2.29 bits per heavy atom. The number of pyridine rings is 1. The SMILES string of the molecule is O=C(CSc1nncn1CCc1cccs1)Nc1ccc(Br)cn1. The summed E-state index contributed by atoms with van der Waals surface area (Å²) in [6.07, 6.45) is 4.27. The number of aromatic nitrogens is 4. The molecule has 0 saturated carbocycles. The summed E-state index contributed by atoms with van der Waals surface area (Å²) >= 11 is 6.41. The summed E-state index contributed by atoms with van der Waals surface area (Å²) in [5, 5.41) is 13.6. The number of aryl methyl sites for hydroxylation is 2. The van der Waals surface area contributed by atoms with E-state index < -0.39 is 0 Å². The molecule has 3 aromatic heterocycles. The van der Waals surface area contributed by atoms with Gasteiger partial charge in [-0.15, -0.1) is 21.5 Å². The molecule has 124 valence electrons. The van der Waals surface area contributed by atoms with Gasteiger partial charge in [-0.3, -0.25) is 4.79 Å². The van der Waals surface area contributed by atoms with Crippen LogP contribution in [0.2, 0.25) is 0 Å². The highest BCUT2D eigenvalue weighted by Crippen LogP contribution is 2.17. The van der Waals surface area contributed by atoms with Gasteiger partial charge in [-0.2, -0.15) is 0 Å². The molecule has 3 aromatic rings. The topological polar surface area (TPSA) is 72.7 Å². The van der Waals surface area contributed by atoms with E-state index in [1.807, 2.05) is 16.7 Å². The van der Waals surface area contributed by atoms with Crippen LogP contribution in [0.3, 0.4) is 0 Å². The zero-order chi connectivity index (χ0) is 16.8. The van der Waals surface area contributed by atoms with Gasteiger partial charge in [-0.25, -0.2) is 4.98 Å². The van der Waals surface area contributed by atoms with Crippen LogP contribution in [0.4, 0.5) is 5.82 Å². The fourth-order valence-corrected chi connectivity index (χ4v) is 3.63. The Morgan fingerprint density at radius 3 is 3.04 bits per heavy atom. The number of thiophene rings is 1. The molecule has 1 amide bonds. The number of rotatable bonds is 7. The monoisotopic (exact) mass is 423 g/mol. The summed E-state index contributed by atoms with van der Waals surface area (Å²) in [6.45, 7) is 0.797. The molecule has 3 heterocycles. The van der Waals surface area contributed by atoms with Gasteiger partial charge in [0.1, 0.15) is 12.1 Å². The average Bonchev–Trinajstić information content (AvgIpc) is 3.24. The quantitative estimate of drug-likeness (QED) is 0.588. The number of amides is 1. The fraction of sp³-hybridized carbons (Fsp3) is 0.200. The minimum atomic E-state index is -0.123. The summed E-state index contributed by atoms with van der Waals surface area (Å²) in [5.74, 6) is 0.667. The van der Waals surface area contributed by atoms with Gasteiger partial charge in [0.25, 0.3) is 0 Å². The maximum absolute atomic E-state index is 12.0. The van der Waals surface area contributed by atoms with Crippen molar-refractivity contribution in [2.45, 2.75) is 18.1 Å². The normalized spacial score (nSPS) is 10.7. The Kier molecular flexibility index (Phi) is 6.00. The fourth-order valence-electron chi connectivity index (χ4n) is 1.95. The Balaban J connectivity index is 1.50. The molecule has 0 aromatic carbocycles. The molecule has 0 saturated heterocycles. The van der Waals surface area contributed by atoms with E-state index in [1.54, 1.807) is 29.9 Å². The smallest absolute Gasteiger partial charge is 0.236 e. The summed E-state index contributed by atoms with van der Waals surface area (Å²) in [7, 11) is 0. The standard InChI is InChI=1S/C15H14BrN5OS2/c16-11-3-4-13(17-8-11)19-14(22)9-24-15-20-18-10-21(15)6-5-12-2-1-7-23-12/h1-4,7-8,10H,5-6,9H2,(H,17,19,22). The summed E-state index contributed by atoms with van der Waals surface area (Å²) in [5.41, 5.74) is 0. The number of hydrogen-bond donors (Lipinski definition) is 1. The van der Waals surface area contributed by atoms with Gasteiger partial charge in [-0.05, 0) is 45.9 Å². The lowest BCUT2D eigenvalue weighted by Crippen LogP contribution is -2.15. The molecule has 1 N–H and O–H groups in total. The zero-order valence-electron chi connectivity index (χ0n) is 12.6. The number of thioether (sulfide) groups is 1. The Hall–Kier alpha value is -1.71. The molecule has 6 nitrogen and oxygen atoms in total. The first-order valence-electron chi connectivity index (χ1n) is 7.15. The molecule has 0 atom stereocenters. The third-order valence-corrected chi connectivity index (χ3v) is 5.47. The van der Waals surface area contributed by atoms with Crippen molar-refractivity contribution in [3.8, 4) is 0 Å². The lowest BCUT2D eigenvalue weighted by atomic mass is 10.3. The van der Waals surface area contributed by atoms with Crippen molar-refractivity contribution in [1.82, 2.24) is 19.7 Å². The molecular formula is C15H14BrN5OS2. The molecule has 0 unspecified atom stereocenters. The van der Waals surface area contributed by atoms with Crippen molar-refractivity contribution in [3.05, 3.63) is 51.5 Å². The Labute approximate surface area is 155 Å². The van der Waals surface area contributed by atoms with Crippen molar-refractivity contribution in [3.63, 3.8) is 0 Å². The van der Waals surface area contributed by atoms with Crippen molar-refractivity contribution < 1.29 is 4.79 Å². The maximum Gasteiger partial charge on any atom is 0.236 e. The van der Waals surface area contributed by atoms with Crippen LogP contribution in [-0.2, 0) is 17.8 Å². The maximum atomic E-state index is 12.0. The molecule has 0 fully saturated rings. The minimum absolute atomic E-state index is 0.123. The number of nitrogens with one attached hydrogen (secondary N) is 1. The van der Waals surface area contributed by atoms with E-state index in [1.165, 1.54) is 16.6 Å². The summed E-state index contributed by atoms with van der Waals surface area (Å²) in [6, 6.07) is 7.73. The van der Waals surface area contributed by atoms with Crippen molar-refractivity contribution in [1.29, 1.82) is 0 Å². The van der Waals surface area contributed by atoms with Gasteiger partial charge in [0.2, 0.25) is 5.91 Å². The van der Waals surface area contributed by atoms with Crippen LogP contribution in [0.1, 0.15) is 4.88 Å². The lowest BCUT2D eigenvalue weighted by molar-refractivity contribution is -0.113. The second kappa shape index (κ2) is 8.41. The van der Waals surface area contributed by atoms with Crippen LogP contribution in [0.15, 0.2) is 51.8 Å². The Morgan fingerprint density at radius 1 is 1.38 bits per heavy atom. The van der Waals surface area contributed by atoms with E-state index in [2.05, 4.69) is 47.9 Å². The minimum Gasteiger partial charge on any atom is -0.310 e. The van der Waals surface area contributed by atoms with Crippen molar-refractivity contribution in [2.24, 2.45) is 0 Å². The highest BCUT2D eigenvalue weighted by Gasteiger charge is 2.10. The first kappa shape index (κ1) is 17.1. The molecule has 0 bridgehead atoms. The molecule has 3 rings (SSSR count). The van der Waals surface area contributed by atoms with Gasteiger partial charge in [0.05, 0.1) is 5.75 Å². The summed E-state index contributed by atoms with van der Waals surface area (Å²) < 4.78 is 2.84. The van der Waals surface area contributed by atoms with E-state index in [0.717, 1.165) is 22.6 Å². The van der Waals surface area contributed by atoms with Crippen LogP contribution in [0, 0.1) is 0 Å². The third-order valence-electron chi connectivity index (χ3n) is 3.09. The van der Waals surface area contributed by atoms with E-state index in [-0.39, 0.29) is 11.7 Å². The highest BCUT2D eigenvalue weighted by atomic mass is 79.9. The molecule has 9 heteroatoms. The second-order valence-corrected chi connectivity index (χ2v) is 7.73. The van der Waals surface area contributed by atoms with Crippen LogP contribution >= 0.6 is 39.0 Å². The first-order valence-corrected chi connectivity index (χ1v) is 9.81. The highest BCUT2D eigenvalue weighted by molar-refractivity contribution is 9.10. The number of carbonyl (C=O) groups excluding carboxylic acids is 1. The number of hydrogen-bond acceptors (Lipinski definition) is 6. The molecular weight excluding hydrogens is 410 g/mol. The molecule has 0 spiro atoms. The van der Waals surface area contributed by atoms with Crippen molar-refractivity contribution >= 4 is 50.8 Å². The van der Waals surface area contributed by atoms with E-state index in [4.69, 9.17) is 0 Å². The molecule has 0 aliphatic carbocycles. The van der Waals surface area contributed by atoms with Gasteiger partial charge in [-0.1, -0.05) is 17.8 Å². The van der Waals surface area contributed by atoms with Gasteiger partial charge < -0.3 is 9.88 Å². The molecule has 0 aliphatic heterocycles. The van der Waals surface area contributed by atoms with Crippen LogP contribution in [-0.4, -0.2) is 31.4 Å². The number of halogens is 1. The third kappa shape index (κ3) is 4.89. The van der Waals surface area contributed by atoms with Crippen LogP contribution in [0.5, 0.6) is 0 Å². The van der Waals surface area contributed by atoms with Gasteiger partial charge in [0, 0.05) is 22.1 Å². The molecule has 24 heavy (non-hydrogen) atoms. The van der Waals surface area contributed by atoms with Gasteiger partial charge >= 0.3 is 0 Å². The summed E-state index contributed by atoms with van der Waals surface area (Å²) in [4.78, 5) is 17.4. The van der Waals surface area contributed by atoms with Crippen molar-refractivity contribution in [2.75, 3.05) is 11.1 Å². The predicted octanol–water partition coefficient (Wildman–Crippen LogP) is 3.47. The van der Waals surface area contributed by atoms with E-state index in [0.29, 0.717) is 5.82 Å². The van der Waals surface area contributed by atoms with E-state index in [9.17, 15) is 4.79 Å². The first-order chi connectivity index (χ1) is 11.7. The van der Waals surface area contributed by atoms with Crippen LogP contribution in [0.25, 0.3) is 0 Å². The lowest BCUT2D eigenvalue weighted by Gasteiger charge is -2.06. The Bertz CT molecular complexity index is 789. The van der Waals surface area contributed by atoms with Gasteiger partial charge in [0.15, 0.2) is 5.16 Å². The van der Waals surface area contributed by atoms with E-state index >= 15 is 0 Å². The number of nitrogens with zero attached hydrogens (tertiary/aromatic N) is 4. The number of carbonyl (C=O) groups is 1. The predicted molar refractivity (Wildman–Crippen MR) is 99.3 cm³/mol. The molecule has 0 aliphatic rings. The van der Waals surface area contributed by atoms with Crippen LogP contribution < -0.4 is 5.32 Å². The largest absolute Gasteiger partial charge is 0.310 e. The number of anilines is 1. The zero-order valence-corrected chi connectivity index (χ0v) is 15.8. The molecule has 0 radical (unpaired) electrons. The second-order valence-electron chi connectivity index (χ2n) is 4.83. The average molecular weight is 424 g/mol.